The van der Waals surface area contributed by atoms with Gasteiger partial charge in [-0.3, -0.25) is 4.98 Å². The number of fused-ring (bicyclic) bond motifs is 1. The fourth-order valence-electron chi connectivity index (χ4n) is 2.44. The van der Waals surface area contributed by atoms with E-state index in [4.69, 9.17) is 9.47 Å². The molecule has 0 spiro atoms. The number of rotatable bonds is 4. The third kappa shape index (κ3) is 2.47. The first kappa shape index (κ1) is 12.9. The van der Waals surface area contributed by atoms with Gasteiger partial charge in [0.15, 0.2) is 11.5 Å². The van der Waals surface area contributed by atoms with Gasteiger partial charge < -0.3 is 14.8 Å². The Morgan fingerprint density at radius 3 is 2.90 bits per heavy atom. The molecule has 1 atom stereocenters. The largest absolute Gasteiger partial charge is 0.454 e. The summed E-state index contributed by atoms with van der Waals surface area (Å²) in [5.41, 5.74) is 3.51. The second-order valence-corrected chi connectivity index (χ2v) is 4.93. The lowest BCUT2D eigenvalue weighted by molar-refractivity contribution is 0.174. The molecule has 1 aliphatic rings. The van der Waals surface area contributed by atoms with Crippen LogP contribution in [0.25, 0.3) is 0 Å². The zero-order chi connectivity index (χ0) is 13.9. The van der Waals surface area contributed by atoms with E-state index in [2.05, 4.69) is 29.4 Å². The highest BCUT2D eigenvalue weighted by atomic mass is 16.7. The molecule has 0 saturated heterocycles. The van der Waals surface area contributed by atoms with Gasteiger partial charge in [-0.15, -0.1) is 0 Å². The summed E-state index contributed by atoms with van der Waals surface area (Å²) in [6, 6.07) is 10.3. The average molecular weight is 270 g/mol. The van der Waals surface area contributed by atoms with Crippen molar-refractivity contribution in [3.8, 4) is 11.5 Å². The Balaban J connectivity index is 1.85. The molecule has 0 bridgehead atoms. The number of aromatic nitrogens is 1. The lowest BCUT2D eigenvalue weighted by Crippen LogP contribution is -2.19. The van der Waals surface area contributed by atoms with Gasteiger partial charge in [0.1, 0.15) is 0 Å². The normalized spacial score (nSPS) is 14.3. The van der Waals surface area contributed by atoms with Crippen LogP contribution in [0.1, 0.15) is 22.9 Å². The second-order valence-electron chi connectivity index (χ2n) is 4.93. The van der Waals surface area contributed by atoms with Crippen LogP contribution in [0.4, 0.5) is 0 Å². The Morgan fingerprint density at radius 2 is 2.10 bits per heavy atom. The van der Waals surface area contributed by atoms with Crippen molar-refractivity contribution in [3.63, 3.8) is 0 Å². The molecular formula is C16H18N2O2. The van der Waals surface area contributed by atoms with Crippen molar-refractivity contribution in [1.29, 1.82) is 0 Å². The third-order valence-corrected chi connectivity index (χ3v) is 3.66. The molecule has 4 nitrogen and oxygen atoms in total. The Kier molecular flexibility index (Phi) is 3.56. The van der Waals surface area contributed by atoms with Crippen LogP contribution in [0.2, 0.25) is 0 Å². The van der Waals surface area contributed by atoms with Gasteiger partial charge in [0.25, 0.3) is 0 Å². The molecular weight excluding hydrogens is 252 g/mol. The van der Waals surface area contributed by atoms with Crippen LogP contribution in [0.5, 0.6) is 11.5 Å². The van der Waals surface area contributed by atoms with E-state index in [0.717, 1.165) is 23.6 Å². The van der Waals surface area contributed by atoms with Crippen LogP contribution in [0.15, 0.2) is 36.5 Å². The van der Waals surface area contributed by atoms with Crippen LogP contribution in [0, 0.1) is 6.92 Å². The van der Waals surface area contributed by atoms with Crippen molar-refractivity contribution >= 4 is 0 Å². The summed E-state index contributed by atoms with van der Waals surface area (Å²) in [5.74, 6) is 1.64. The topological polar surface area (TPSA) is 43.4 Å². The Hall–Kier alpha value is -2.07. The number of hydrogen-bond acceptors (Lipinski definition) is 4. The van der Waals surface area contributed by atoms with Gasteiger partial charge in [0.2, 0.25) is 6.79 Å². The first-order valence-corrected chi connectivity index (χ1v) is 6.75. The van der Waals surface area contributed by atoms with Crippen LogP contribution in [0.3, 0.4) is 0 Å². The summed E-state index contributed by atoms with van der Waals surface area (Å²) in [5, 5.41) is 3.35. The molecule has 0 amide bonds. The molecule has 1 aromatic heterocycles. The number of hydrogen-bond donors (Lipinski definition) is 1. The lowest BCUT2D eigenvalue weighted by Gasteiger charge is -2.17. The average Bonchev–Trinajstić information content (AvgIpc) is 2.94. The fourth-order valence-corrected chi connectivity index (χ4v) is 2.44. The van der Waals surface area contributed by atoms with Crippen molar-refractivity contribution in [2.24, 2.45) is 0 Å². The number of ether oxygens (including phenoxy) is 2. The maximum absolute atomic E-state index is 5.44. The number of nitrogens with one attached hydrogen (secondary N) is 1. The maximum Gasteiger partial charge on any atom is 0.231 e. The molecule has 3 rings (SSSR count). The molecule has 1 unspecified atom stereocenters. The number of benzene rings is 1. The lowest BCUT2D eigenvalue weighted by atomic mass is 9.99. The molecule has 1 N–H and O–H groups in total. The van der Waals surface area contributed by atoms with Crippen molar-refractivity contribution in [2.75, 3.05) is 13.8 Å². The molecule has 0 saturated carbocycles. The first-order valence-electron chi connectivity index (χ1n) is 6.75. The SMILES string of the molecule is CNC(Cc1ncccc1C)c1ccc2c(c1)OCO2. The highest BCUT2D eigenvalue weighted by molar-refractivity contribution is 5.45. The van der Waals surface area contributed by atoms with Crippen molar-refractivity contribution in [1.82, 2.24) is 10.3 Å². The highest BCUT2D eigenvalue weighted by Crippen LogP contribution is 2.34. The maximum atomic E-state index is 5.44. The molecule has 0 aliphatic carbocycles. The minimum atomic E-state index is 0.207. The third-order valence-electron chi connectivity index (χ3n) is 3.66. The Labute approximate surface area is 118 Å². The summed E-state index contributed by atoms with van der Waals surface area (Å²) in [7, 11) is 1.97. The summed E-state index contributed by atoms with van der Waals surface area (Å²) in [4.78, 5) is 4.47. The quantitative estimate of drug-likeness (QED) is 0.927. The van der Waals surface area contributed by atoms with E-state index in [1.807, 2.05) is 31.4 Å². The summed E-state index contributed by atoms with van der Waals surface area (Å²) < 4.78 is 10.8. The molecule has 20 heavy (non-hydrogen) atoms. The molecule has 104 valence electrons. The van der Waals surface area contributed by atoms with Crippen LogP contribution in [-0.2, 0) is 6.42 Å². The molecule has 4 heteroatoms. The van der Waals surface area contributed by atoms with Gasteiger partial charge >= 0.3 is 0 Å². The van der Waals surface area contributed by atoms with Gasteiger partial charge in [-0.2, -0.15) is 0 Å². The summed E-state index contributed by atoms with van der Waals surface area (Å²) in [6.45, 7) is 2.40. The van der Waals surface area contributed by atoms with Crippen molar-refractivity contribution < 1.29 is 9.47 Å². The molecule has 2 heterocycles. The molecule has 2 aromatic rings. The first-order chi connectivity index (χ1) is 9.78. The summed E-state index contributed by atoms with van der Waals surface area (Å²) in [6.07, 6.45) is 2.69. The van der Waals surface area contributed by atoms with E-state index in [1.165, 1.54) is 11.1 Å². The number of nitrogens with zero attached hydrogens (tertiary/aromatic N) is 1. The minimum absolute atomic E-state index is 0.207. The molecule has 0 radical (unpaired) electrons. The highest BCUT2D eigenvalue weighted by Gasteiger charge is 2.18. The van der Waals surface area contributed by atoms with Gasteiger partial charge in [0.05, 0.1) is 0 Å². The number of pyridine rings is 1. The zero-order valence-corrected chi connectivity index (χ0v) is 11.7. The molecule has 1 aromatic carbocycles. The summed E-state index contributed by atoms with van der Waals surface area (Å²) >= 11 is 0. The molecule has 1 aliphatic heterocycles. The van der Waals surface area contributed by atoms with Crippen LogP contribution >= 0.6 is 0 Å². The van der Waals surface area contributed by atoms with E-state index >= 15 is 0 Å². The van der Waals surface area contributed by atoms with Gasteiger partial charge in [-0.25, -0.2) is 0 Å². The standard InChI is InChI=1S/C16H18N2O2/c1-11-4-3-7-18-13(11)9-14(17-2)12-5-6-15-16(8-12)20-10-19-15/h3-8,14,17H,9-10H2,1-2H3. The monoisotopic (exact) mass is 270 g/mol. The molecule has 0 fully saturated rings. The van der Waals surface area contributed by atoms with E-state index in [9.17, 15) is 0 Å². The predicted octanol–water partition coefficient (Wildman–Crippen LogP) is 2.62. The van der Waals surface area contributed by atoms with Gasteiger partial charge in [0, 0.05) is 24.4 Å². The van der Waals surface area contributed by atoms with Crippen molar-refractivity contribution in [3.05, 3.63) is 53.3 Å². The van der Waals surface area contributed by atoms with E-state index in [-0.39, 0.29) is 6.04 Å². The van der Waals surface area contributed by atoms with Crippen molar-refractivity contribution in [2.45, 2.75) is 19.4 Å². The fraction of sp³-hybridized carbons (Fsp3) is 0.312. The smallest absolute Gasteiger partial charge is 0.231 e. The number of likely N-dealkylation sites (N-methyl/N-ethyl adjacent to an activating group) is 1. The second kappa shape index (κ2) is 5.51. The predicted molar refractivity (Wildman–Crippen MR) is 77.0 cm³/mol. The van der Waals surface area contributed by atoms with E-state index in [0.29, 0.717) is 6.79 Å². The number of aryl methyl sites for hydroxylation is 1. The van der Waals surface area contributed by atoms with Gasteiger partial charge in [-0.05, 0) is 43.3 Å². The zero-order valence-electron chi connectivity index (χ0n) is 11.7. The Morgan fingerprint density at radius 1 is 1.25 bits per heavy atom. The van der Waals surface area contributed by atoms with E-state index < -0.39 is 0 Å². The van der Waals surface area contributed by atoms with Gasteiger partial charge in [-0.1, -0.05) is 12.1 Å². The van der Waals surface area contributed by atoms with E-state index in [1.54, 1.807) is 0 Å². The minimum Gasteiger partial charge on any atom is -0.454 e. The van der Waals surface area contributed by atoms with Crippen LogP contribution < -0.4 is 14.8 Å². The Bertz CT molecular complexity index is 613. The van der Waals surface area contributed by atoms with Crippen LogP contribution in [-0.4, -0.2) is 18.8 Å².